The van der Waals surface area contributed by atoms with E-state index in [9.17, 15) is 4.79 Å². The summed E-state index contributed by atoms with van der Waals surface area (Å²) < 4.78 is 11.0. The van der Waals surface area contributed by atoms with Crippen LogP contribution in [0.2, 0.25) is 0 Å². The minimum absolute atomic E-state index is 0.0621. The molecule has 1 rings (SSSR count). The molecule has 1 aliphatic rings. The zero-order valence-corrected chi connectivity index (χ0v) is 10.9. The zero-order chi connectivity index (χ0) is 12.2. The second-order valence-electron chi connectivity index (χ2n) is 5.23. The number of ketones is 1. The summed E-state index contributed by atoms with van der Waals surface area (Å²) in [5.41, 5.74) is 0.149. The Morgan fingerprint density at radius 1 is 1.31 bits per heavy atom. The van der Waals surface area contributed by atoms with Crippen LogP contribution in [0.5, 0.6) is 0 Å². The zero-order valence-electron chi connectivity index (χ0n) is 10.9. The van der Waals surface area contributed by atoms with E-state index in [-0.39, 0.29) is 17.6 Å². The third kappa shape index (κ3) is 3.56. The van der Waals surface area contributed by atoms with Crippen LogP contribution >= 0.6 is 0 Å². The molecule has 0 spiro atoms. The third-order valence-corrected chi connectivity index (χ3v) is 3.19. The molecule has 0 heterocycles. The van der Waals surface area contributed by atoms with E-state index in [2.05, 4.69) is 13.8 Å². The average Bonchev–Trinajstić information content (AvgIpc) is 2.16. The Balaban J connectivity index is 2.61. The largest absolute Gasteiger partial charge is 0.352 e. The van der Waals surface area contributed by atoms with Crippen LogP contribution in [-0.4, -0.2) is 25.3 Å². The van der Waals surface area contributed by atoms with Crippen molar-refractivity contribution in [1.82, 2.24) is 0 Å². The number of hydrogen-bond donors (Lipinski definition) is 0. The van der Waals surface area contributed by atoms with Crippen molar-refractivity contribution >= 4 is 5.78 Å². The lowest BCUT2D eigenvalue weighted by molar-refractivity contribution is -0.181. The molecule has 0 aromatic carbocycles. The Hall–Kier alpha value is -0.410. The van der Waals surface area contributed by atoms with Crippen LogP contribution < -0.4 is 0 Å². The van der Waals surface area contributed by atoms with E-state index in [0.29, 0.717) is 25.4 Å². The Morgan fingerprint density at radius 3 is 2.31 bits per heavy atom. The number of carbonyl (C=O) groups is 1. The van der Waals surface area contributed by atoms with Gasteiger partial charge in [0, 0.05) is 19.6 Å². The van der Waals surface area contributed by atoms with E-state index in [0.717, 1.165) is 12.8 Å². The van der Waals surface area contributed by atoms with Gasteiger partial charge in [-0.3, -0.25) is 4.79 Å². The predicted octanol–water partition coefficient (Wildman–Crippen LogP) is 2.78. The van der Waals surface area contributed by atoms with Crippen molar-refractivity contribution in [2.24, 2.45) is 11.3 Å². The Kier molecular flexibility index (Phi) is 4.93. The number of hydrogen-bond acceptors (Lipinski definition) is 3. The van der Waals surface area contributed by atoms with Crippen LogP contribution in [0.15, 0.2) is 0 Å². The molecule has 1 fully saturated rings. The molecule has 0 aromatic heterocycles. The molecule has 0 aromatic rings. The lowest BCUT2D eigenvalue weighted by Crippen LogP contribution is -2.39. The quantitative estimate of drug-likeness (QED) is 0.679. The van der Waals surface area contributed by atoms with E-state index in [1.807, 2.05) is 13.8 Å². The lowest BCUT2D eigenvalue weighted by Gasteiger charge is -2.36. The number of Topliss-reactive ketones (excluding diaryl/α,β-unsaturated/α-hetero) is 1. The first-order valence-electron chi connectivity index (χ1n) is 6.26. The first-order valence-corrected chi connectivity index (χ1v) is 6.26. The van der Waals surface area contributed by atoms with Gasteiger partial charge >= 0.3 is 0 Å². The average molecular weight is 228 g/mol. The predicted molar refractivity (Wildman–Crippen MR) is 63.2 cm³/mol. The fraction of sp³-hybridized carbons (Fsp3) is 0.923. The molecule has 1 aliphatic carbocycles. The fourth-order valence-corrected chi connectivity index (χ4v) is 2.30. The van der Waals surface area contributed by atoms with Crippen molar-refractivity contribution in [2.75, 3.05) is 13.2 Å². The van der Waals surface area contributed by atoms with Gasteiger partial charge < -0.3 is 9.47 Å². The van der Waals surface area contributed by atoms with Gasteiger partial charge in [0.25, 0.3) is 0 Å². The van der Waals surface area contributed by atoms with Crippen LogP contribution in [0, 0.1) is 11.3 Å². The van der Waals surface area contributed by atoms with E-state index < -0.39 is 0 Å². The van der Waals surface area contributed by atoms with Crippen molar-refractivity contribution < 1.29 is 14.3 Å². The van der Waals surface area contributed by atoms with Gasteiger partial charge in [0.1, 0.15) is 5.78 Å². The van der Waals surface area contributed by atoms with Crippen molar-refractivity contribution in [2.45, 2.75) is 53.2 Å². The van der Waals surface area contributed by atoms with Gasteiger partial charge in [-0.2, -0.15) is 0 Å². The van der Waals surface area contributed by atoms with Gasteiger partial charge in [0.2, 0.25) is 0 Å². The second kappa shape index (κ2) is 5.78. The first-order chi connectivity index (χ1) is 7.50. The maximum atomic E-state index is 12.0. The van der Waals surface area contributed by atoms with E-state index in [1.165, 1.54) is 0 Å². The highest BCUT2D eigenvalue weighted by Crippen LogP contribution is 2.37. The highest BCUT2D eigenvalue weighted by Gasteiger charge is 2.38. The maximum absolute atomic E-state index is 12.0. The van der Waals surface area contributed by atoms with Crippen LogP contribution in [0.1, 0.15) is 47.0 Å². The van der Waals surface area contributed by atoms with Crippen LogP contribution in [0.4, 0.5) is 0 Å². The number of ether oxygens (including phenoxy) is 2. The molecular weight excluding hydrogens is 204 g/mol. The van der Waals surface area contributed by atoms with Gasteiger partial charge in [-0.1, -0.05) is 13.8 Å². The molecule has 0 N–H and O–H groups in total. The summed E-state index contributed by atoms with van der Waals surface area (Å²) in [6.45, 7) is 9.36. The summed E-state index contributed by atoms with van der Waals surface area (Å²) in [5, 5.41) is 0. The maximum Gasteiger partial charge on any atom is 0.167 e. The molecule has 0 amide bonds. The minimum atomic E-state index is -0.335. The molecule has 3 heteroatoms. The molecule has 1 atom stereocenters. The van der Waals surface area contributed by atoms with Gasteiger partial charge in [0.05, 0.1) is 5.92 Å². The Labute approximate surface area is 98.5 Å². The molecule has 1 unspecified atom stereocenters. The molecule has 0 radical (unpaired) electrons. The minimum Gasteiger partial charge on any atom is -0.352 e. The lowest BCUT2D eigenvalue weighted by atomic mass is 9.72. The smallest absolute Gasteiger partial charge is 0.167 e. The SMILES string of the molecule is CCOC(OCC)C1CCC(C)(C)CC1=O. The molecule has 1 saturated carbocycles. The van der Waals surface area contributed by atoms with Gasteiger partial charge in [-0.05, 0) is 32.1 Å². The normalized spacial score (nSPS) is 25.1. The van der Waals surface area contributed by atoms with Gasteiger partial charge in [-0.25, -0.2) is 0 Å². The standard InChI is InChI=1S/C13H24O3/c1-5-15-12(16-6-2)10-7-8-13(3,4)9-11(10)14/h10,12H,5-9H2,1-4H3. The van der Waals surface area contributed by atoms with E-state index in [1.54, 1.807) is 0 Å². The monoisotopic (exact) mass is 228 g/mol. The second-order valence-corrected chi connectivity index (χ2v) is 5.23. The summed E-state index contributed by atoms with van der Waals surface area (Å²) in [7, 11) is 0. The van der Waals surface area contributed by atoms with Crippen LogP contribution in [0.25, 0.3) is 0 Å². The molecule has 3 nitrogen and oxygen atoms in total. The third-order valence-electron chi connectivity index (χ3n) is 3.19. The van der Waals surface area contributed by atoms with Crippen molar-refractivity contribution in [3.63, 3.8) is 0 Å². The van der Waals surface area contributed by atoms with Gasteiger partial charge in [0.15, 0.2) is 6.29 Å². The van der Waals surface area contributed by atoms with Gasteiger partial charge in [-0.15, -0.1) is 0 Å². The van der Waals surface area contributed by atoms with Crippen molar-refractivity contribution in [3.05, 3.63) is 0 Å². The summed E-state index contributed by atoms with van der Waals surface area (Å²) in [5.74, 6) is 0.232. The van der Waals surface area contributed by atoms with Crippen LogP contribution in [0.3, 0.4) is 0 Å². The molecule has 16 heavy (non-hydrogen) atoms. The van der Waals surface area contributed by atoms with Crippen molar-refractivity contribution in [1.29, 1.82) is 0 Å². The highest BCUT2D eigenvalue weighted by molar-refractivity contribution is 5.82. The molecule has 0 saturated heterocycles. The Morgan fingerprint density at radius 2 is 1.88 bits per heavy atom. The first kappa shape index (κ1) is 13.7. The Bertz CT molecular complexity index is 229. The van der Waals surface area contributed by atoms with Crippen LogP contribution in [-0.2, 0) is 14.3 Å². The van der Waals surface area contributed by atoms with Crippen molar-refractivity contribution in [3.8, 4) is 0 Å². The molecule has 0 aliphatic heterocycles. The summed E-state index contributed by atoms with van der Waals surface area (Å²) >= 11 is 0. The summed E-state index contributed by atoms with van der Waals surface area (Å²) in [6.07, 6.45) is 2.27. The fourth-order valence-electron chi connectivity index (χ4n) is 2.30. The number of carbonyl (C=O) groups excluding carboxylic acids is 1. The topological polar surface area (TPSA) is 35.5 Å². The molecule has 94 valence electrons. The van der Waals surface area contributed by atoms with E-state index in [4.69, 9.17) is 9.47 Å². The summed E-state index contributed by atoms with van der Waals surface area (Å²) in [6, 6.07) is 0. The molecule has 0 bridgehead atoms. The summed E-state index contributed by atoms with van der Waals surface area (Å²) in [4.78, 5) is 12.0. The highest BCUT2D eigenvalue weighted by atomic mass is 16.7. The van der Waals surface area contributed by atoms with E-state index >= 15 is 0 Å². The molecular formula is C13H24O3. The number of rotatable bonds is 5.